The van der Waals surface area contributed by atoms with Crippen LogP contribution in [0.15, 0.2) is 60.8 Å². The first-order chi connectivity index (χ1) is 13.2. The zero-order chi connectivity index (χ0) is 20.4. The number of fused-ring (bicyclic) bond motifs is 1. The van der Waals surface area contributed by atoms with Gasteiger partial charge >= 0.3 is 0 Å². The summed E-state index contributed by atoms with van der Waals surface area (Å²) in [5.74, 6) is -0.357. The smallest absolute Gasteiger partial charge is 0.209 e. The van der Waals surface area contributed by atoms with Crippen molar-refractivity contribution in [3.8, 4) is 0 Å². The van der Waals surface area contributed by atoms with E-state index in [1.165, 1.54) is 11.1 Å². The van der Waals surface area contributed by atoms with Crippen molar-refractivity contribution in [2.45, 2.75) is 32.6 Å². The van der Waals surface area contributed by atoms with E-state index >= 15 is 0 Å². The van der Waals surface area contributed by atoms with Gasteiger partial charge in [-0.3, -0.25) is 0 Å². The lowest BCUT2D eigenvalue weighted by atomic mass is 9.81. The molecule has 0 saturated carbocycles. The van der Waals surface area contributed by atoms with Crippen molar-refractivity contribution < 1.29 is 17.5 Å². The Kier molecular flexibility index (Phi) is 5.72. The van der Waals surface area contributed by atoms with Crippen LogP contribution in [0.3, 0.4) is 0 Å². The van der Waals surface area contributed by atoms with Crippen LogP contribution in [0.5, 0.6) is 0 Å². The molecule has 2 aromatic carbocycles. The Hall–Kier alpha value is -2.44. The molecule has 148 valence electrons. The maximum absolute atomic E-state index is 11.0. The van der Waals surface area contributed by atoms with Gasteiger partial charge < -0.3 is 9.87 Å². The average molecular weight is 399 g/mol. The molecule has 0 unspecified atom stereocenters. The van der Waals surface area contributed by atoms with Gasteiger partial charge in [-0.1, -0.05) is 29.8 Å². The van der Waals surface area contributed by atoms with Crippen LogP contribution in [0, 0.1) is 6.92 Å². The molecule has 3 rings (SSSR count). The second-order valence-electron chi connectivity index (χ2n) is 7.64. The van der Waals surface area contributed by atoms with E-state index in [1.807, 2.05) is 42.6 Å². The molecule has 1 N–H and O–H groups in total. The Labute approximate surface area is 167 Å². The lowest BCUT2D eigenvalue weighted by Crippen LogP contribution is -2.28. The van der Waals surface area contributed by atoms with E-state index in [2.05, 4.69) is 48.9 Å². The molecule has 0 bridgehead atoms. The van der Waals surface area contributed by atoms with Gasteiger partial charge in [-0.15, -0.1) is 0 Å². The van der Waals surface area contributed by atoms with Crippen molar-refractivity contribution in [3.05, 3.63) is 71.9 Å². The third-order valence-corrected chi connectivity index (χ3v) is 5.88. The molecule has 2 aromatic rings. The summed E-state index contributed by atoms with van der Waals surface area (Å²) in [5, 5.41) is 3.27. The summed E-state index contributed by atoms with van der Waals surface area (Å²) in [6, 6.07) is 16.2. The quantitative estimate of drug-likeness (QED) is 0.566. The number of benzene rings is 2. The van der Waals surface area contributed by atoms with Gasteiger partial charge in [0.05, 0.1) is 15.5 Å². The summed E-state index contributed by atoms with van der Waals surface area (Å²) >= 11 is 0. The van der Waals surface area contributed by atoms with Crippen molar-refractivity contribution in [2.24, 2.45) is 0 Å². The minimum absolute atomic E-state index is 0.230. The maximum atomic E-state index is 11.0. The highest BCUT2D eigenvalue weighted by atomic mass is 32.2. The minimum Gasteiger partial charge on any atom is -0.748 e. The molecule has 1 aliphatic heterocycles. The number of allylic oxidation sites excluding steroid dienone is 1. The molecule has 1 heterocycles. The van der Waals surface area contributed by atoms with Crippen LogP contribution >= 0.6 is 0 Å². The molecular formula is C22H26N2O3S. The van der Waals surface area contributed by atoms with Crippen molar-refractivity contribution in [3.63, 3.8) is 0 Å². The molecule has 0 aliphatic carbocycles. The molecule has 0 saturated heterocycles. The fourth-order valence-corrected chi connectivity index (χ4v) is 4.16. The lowest BCUT2D eigenvalue weighted by Gasteiger charge is -2.16. The molecule has 0 radical (unpaired) electrons. The highest BCUT2D eigenvalue weighted by Gasteiger charge is 2.44. The molecule has 0 amide bonds. The van der Waals surface area contributed by atoms with E-state index in [4.69, 9.17) is 0 Å². The van der Waals surface area contributed by atoms with Crippen LogP contribution < -0.4 is 5.32 Å². The Morgan fingerprint density at radius 2 is 1.86 bits per heavy atom. The summed E-state index contributed by atoms with van der Waals surface area (Å²) in [5.41, 5.74) is 5.29. The number of para-hydroxylation sites is 1. The summed E-state index contributed by atoms with van der Waals surface area (Å²) in [6.07, 6.45) is 4.23. The van der Waals surface area contributed by atoms with E-state index in [0.717, 1.165) is 17.1 Å². The highest BCUT2D eigenvalue weighted by molar-refractivity contribution is 7.85. The van der Waals surface area contributed by atoms with Crippen LogP contribution in [0.4, 0.5) is 11.4 Å². The number of anilines is 1. The van der Waals surface area contributed by atoms with Crippen molar-refractivity contribution >= 4 is 27.2 Å². The Morgan fingerprint density at radius 1 is 1.14 bits per heavy atom. The predicted octanol–water partition coefficient (Wildman–Crippen LogP) is 3.93. The summed E-state index contributed by atoms with van der Waals surface area (Å²) < 4.78 is 35.2. The van der Waals surface area contributed by atoms with Crippen molar-refractivity contribution in [2.75, 3.05) is 17.6 Å². The van der Waals surface area contributed by atoms with E-state index in [1.54, 1.807) is 0 Å². The molecule has 0 atom stereocenters. The monoisotopic (exact) mass is 398 g/mol. The maximum Gasteiger partial charge on any atom is 0.209 e. The molecule has 28 heavy (non-hydrogen) atoms. The summed E-state index contributed by atoms with van der Waals surface area (Å²) in [7, 11) is -4.22. The van der Waals surface area contributed by atoms with Gasteiger partial charge in [-0.2, -0.15) is 4.58 Å². The SMILES string of the molecule is Cc1ccc2c(c1)C(C)(C)C(/C=C/Nc1ccccc1)=[N+]2CCCS(=O)(=O)[O-]. The van der Waals surface area contributed by atoms with Gasteiger partial charge in [0.15, 0.2) is 5.71 Å². The van der Waals surface area contributed by atoms with Gasteiger partial charge in [0.25, 0.3) is 0 Å². The third-order valence-electron chi connectivity index (χ3n) is 5.09. The average Bonchev–Trinajstić information content (AvgIpc) is 2.82. The van der Waals surface area contributed by atoms with Crippen molar-refractivity contribution in [1.29, 1.82) is 0 Å². The van der Waals surface area contributed by atoms with Crippen LogP contribution in [0.25, 0.3) is 0 Å². The first kappa shape index (κ1) is 20.3. The van der Waals surface area contributed by atoms with Crippen LogP contribution in [-0.4, -0.2) is 35.6 Å². The van der Waals surface area contributed by atoms with Crippen LogP contribution in [0.2, 0.25) is 0 Å². The van der Waals surface area contributed by atoms with Gasteiger partial charge in [0.2, 0.25) is 5.69 Å². The van der Waals surface area contributed by atoms with E-state index in [9.17, 15) is 13.0 Å². The van der Waals surface area contributed by atoms with E-state index < -0.39 is 10.1 Å². The zero-order valence-corrected chi connectivity index (χ0v) is 17.3. The van der Waals surface area contributed by atoms with Gasteiger partial charge in [-0.25, -0.2) is 8.42 Å². The first-order valence-electron chi connectivity index (χ1n) is 9.36. The molecular weight excluding hydrogens is 372 g/mol. The fraction of sp³-hybridized carbons (Fsp3) is 0.318. The summed E-state index contributed by atoms with van der Waals surface area (Å²) in [4.78, 5) is 0. The number of aryl methyl sites for hydroxylation is 1. The van der Waals surface area contributed by atoms with Crippen LogP contribution in [-0.2, 0) is 15.5 Å². The molecule has 6 heteroatoms. The number of hydrogen-bond acceptors (Lipinski definition) is 4. The Balaban J connectivity index is 1.93. The number of hydrogen-bond donors (Lipinski definition) is 1. The predicted molar refractivity (Wildman–Crippen MR) is 112 cm³/mol. The highest BCUT2D eigenvalue weighted by Crippen LogP contribution is 2.40. The topological polar surface area (TPSA) is 72.2 Å². The second kappa shape index (κ2) is 7.89. The van der Waals surface area contributed by atoms with E-state index in [-0.39, 0.29) is 11.2 Å². The first-order valence-corrected chi connectivity index (χ1v) is 10.9. The molecule has 0 aromatic heterocycles. The molecule has 0 spiro atoms. The fourth-order valence-electron chi connectivity index (χ4n) is 3.68. The van der Waals surface area contributed by atoms with Gasteiger partial charge in [0.1, 0.15) is 6.54 Å². The van der Waals surface area contributed by atoms with E-state index in [0.29, 0.717) is 13.0 Å². The van der Waals surface area contributed by atoms with Gasteiger partial charge in [0, 0.05) is 41.8 Å². The van der Waals surface area contributed by atoms with Gasteiger partial charge in [-0.05, 0) is 39.0 Å². The number of nitrogens with zero attached hydrogens (tertiary/aromatic N) is 1. The normalized spacial score (nSPS) is 15.9. The molecule has 0 fully saturated rings. The zero-order valence-electron chi connectivity index (χ0n) is 16.5. The number of rotatable bonds is 7. The van der Waals surface area contributed by atoms with Crippen molar-refractivity contribution in [1.82, 2.24) is 0 Å². The molecule has 1 aliphatic rings. The van der Waals surface area contributed by atoms with Crippen LogP contribution in [0.1, 0.15) is 31.4 Å². The largest absolute Gasteiger partial charge is 0.748 e. The lowest BCUT2D eigenvalue weighted by molar-refractivity contribution is -0.437. The third kappa shape index (κ3) is 4.51. The Morgan fingerprint density at radius 3 is 2.54 bits per heavy atom. The summed E-state index contributed by atoms with van der Waals surface area (Å²) in [6.45, 7) is 6.87. The second-order valence-corrected chi connectivity index (χ2v) is 9.17. The minimum atomic E-state index is -4.22. The number of nitrogens with one attached hydrogen (secondary N) is 1. The Bertz CT molecular complexity index is 1020. The molecule has 5 nitrogen and oxygen atoms in total. The standard InChI is InChI=1S/C22H26N2O3S/c1-17-10-11-20-19(16-17)22(2,3)21(24(20)14-7-15-28(25,26)27)12-13-23-18-8-5-4-6-9-18/h4-6,8-13,16H,7,14-15H2,1-3H3,(H,25,26,27).